The second-order valence-corrected chi connectivity index (χ2v) is 7.27. The summed E-state index contributed by atoms with van der Waals surface area (Å²) in [5.41, 5.74) is 0.832. The number of carbonyl (C=O) groups excluding carboxylic acids is 1. The van der Waals surface area contributed by atoms with Crippen molar-refractivity contribution in [2.24, 2.45) is 5.92 Å². The zero-order chi connectivity index (χ0) is 18.6. The highest BCUT2D eigenvalue weighted by molar-refractivity contribution is 7.92. The van der Waals surface area contributed by atoms with Gasteiger partial charge in [-0.05, 0) is 35.9 Å². The van der Waals surface area contributed by atoms with Crippen molar-refractivity contribution < 1.29 is 26.7 Å². The van der Waals surface area contributed by atoms with Crippen LogP contribution in [0.1, 0.15) is 6.92 Å². The largest absolute Gasteiger partial charge is 0.469 e. The Morgan fingerprint density at radius 2 is 1.72 bits per heavy atom. The Morgan fingerprint density at radius 1 is 1.12 bits per heavy atom. The molecule has 0 radical (unpaired) electrons. The van der Waals surface area contributed by atoms with Crippen molar-refractivity contribution in [1.29, 1.82) is 0 Å². The first kappa shape index (κ1) is 18.9. The molecule has 0 aliphatic rings. The summed E-state index contributed by atoms with van der Waals surface area (Å²) in [6, 6.07) is 8.74. The zero-order valence-electron chi connectivity index (χ0n) is 13.6. The third-order valence-corrected chi connectivity index (χ3v) is 4.95. The number of carbonyl (C=O) groups is 1. The Morgan fingerprint density at radius 3 is 2.32 bits per heavy atom. The Kier molecular flexibility index (Phi) is 5.73. The first-order valence-electron chi connectivity index (χ1n) is 7.35. The van der Waals surface area contributed by atoms with Gasteiger partial charge in [0.25, 0.3) is 0 Å². The van der Waals surface area contributed by atoms with E-state index in [1.807, 2.05) is 0 Å². The lowest BCUT2D eigenvalue weighted by molar-refractivity contribution is -0.144. The van der Waals surface area contributed by atoms with Crippen LogP contribution in [0.2, 0.25) is 0 Å². The van der Waals surface area contributed by atoms with Gasteiger partial charge in [0.05, 0.1) is 24.5 Å². The number of methoxy groups -OCH3 is 1. The van der Waals surface area contributed by atoms with E-state index in [9.17, 15) is 22.0 Å². The molecule has 0 aliphatic heterocycles. The molecule has 8 heteroatoms. The second-order valence-electron chi connectivity index (χ2n) is 5.50. The first-order valence-corrected chi connectivity index (χ1v) is 9.01. The zero-order valence-corrected chi connectivity index (χ0v) is 14.4. The minimum atomic E-state index is -3.89. The average Bonchev–Trinajstić information content (AvgIpc) is 2.55. The van der Waals surface area contributed by atoms with E-state index in [0.29, 0.717) is 5.56 Å². The number of hydrogen-bond acceptors (Lipinski definition) is 4. The third kappa shape index (κ3) is 4.99. The van der Waals surface area contributed by atoms with Crippen molar-refractivity contribution in [3.63, 3.8) is 0 Å². The molecule has 5 nitrogen and oxygen atoms in total. The summed E-state index contributed by atoms with van der Waals surface area (Å²) in [7, 11) is -2.72. The van der Waals surface area contributed by atoms with Crippen LogP contribution in [0.3, 0.4) is 0 Å². The normalized spacial score (nSPS) is 12.5. The van der Waals surface area contributed by atoms with Crippen LogP contribution in [-0.4, -0.2) is 27.2 Å². The van der Waals surface area contributed by atoms with Gasteiger partial charge >= 0.3 is 5.97 Å². The summed E-state index contributed by atoms with van der Waals surface area (Å²) in [5, 5.41) is 0. The fourth-order valence-electron chi connectivity index (χ4n) is 2.28. The maximum absolute atomic E-state index is 13.6. The Hall–Kier alpha value is -2.48. The minimum Gasteiger partial charge on any atom is -0.469 e. The number of anilines is 1. The van der Waals surface area contributed by atoms with Crippen LogP contribution in [0.5, 0.6) is 0 Å². The van der Waals surface area contributed by atoms with Crippen LogP contribution in [0.15, 0.2) is 42.5 Å². The Labute approximate surface area is 144 Å². The Bertz CT molecular complexity index is 867. The SMILES string of the molecule is COC(=O)C(C)CS(=O)(=O)Nc1ccc(F)cc1-c1ccc(F)cc1. The van der Waals surface area contributed by atoms with Gasteiger partial charge in [-0.15, -0.1) is 0 Å². The minimum absolute atomic E-state index is 0.130. The van der Waals surface area contributed by atoms with Crippen molar-refractivity contribution in [1.82, 2.24) is 0 Å². The van der Waals surface area contributed by atoms with Crippen molar-refractivity contribution in [3.8, 4) is 11.1 Å². The molecule has 0 amide bonds. The molecule has 2 aromatic carbocycles. The lowest BCUT2D eigenvalue weighted by Crippen LogP contribution is -2.27. The second kappa shape index (κ2) is 7.60. The molecular weight excluding hydrogens is 352 g/mol. The van der Waals surface area contributed by atoms with Gasteiger partial charge in [-0.3, -0.25) is 9.52 Å². The van der Waals surface area contributed by atoms with Crippen molar-refractivity contribution in [2.45, 2.75) is 6.92 Å². The number of nitrogens with one attached hydrogen (secondary N) is 1. The van der Waals surface area contributed by atoms with Crippen LogP contribution in [0, 0.1) is 17.6 Å². The highest BCUT2D eigenvalue weighted by Crippen LogP contribution is 2.30. The highest BCUT2D eigenvalue weighted by atomic mass is 32.2. The van der Waals surface area contributed by atoms with E-state index >= 15 is 0 Å². The average molecular weight is 369 g/mol. The maximum atomic E-state index is 13.6. The fourth-order valence-corrected chi connectivity index (χ4v) is 3.67. The molecule has 1 unspecified atom stereocenters. The molecular formula is C17H17F2NO4S. The highest BCUT2D eigenvalue weighted by Gasteiger charge is 2.23. The molecule has 25 heavy (non-hydrogen) atoms. The first-order chi connectivity index (χ1) is 11.7. The number of rotatable bonds is 6. The smallest absolute Gasteiger partial charge is 0.309 e. The van der Waals surface area contributed by atoms with Gasteiger partial charge in [-0.2, -0.15) is 0 Å². The predicted octanol–water partition coefficient (Wildman–Crippen LogP) is 3.18. The van der Waals surface area contributed by atoms with Crippen molar-refractivity contribution >= 4 is 21.7 Å². The van der Waals surface area contributed by atoms with Crippen LogP contribution in [0.4, 0.5) is 14.5 Å². The van der Waals surface area contributed by atoms with Gasteiger partial charge in [0.1, 0.15) is 11.6 Å². The maximum Gasteiger partial charge on any atom is 0.309 e. The van der Waals surface area contributed by atoms with Gasteiger partial charge in [-0.25, -0.2) is 17.2 Å². The number of sulfonamides is 1. The monoisotopic (exact) mass is 369 g/mol. The third-order valence-electron chi connectivity index (χ3n) is 3.48. The summed E-state index contributed by atoms with van der Waals surface area (Å²) in [4.78, 5) is 11.4. The van der Waals surface area contributed by atoms with Crippen LogP contribution >= 0.6 is 0 Å². The lowest BCUT2D eigenvalue weighted by atomic mass is 10.0. The van der Waals surface area contributed by atoms with Crippen LogP contribution in [0.25, 0.3) is 11.1 Å². The molecule has 2 aromatic rings. The molecule has 0 fully saturated rings. The summed E-state index contributed by atoms with van der Waals surface area (Å²) in [6.07, 6.45) is 0. The van der Waals surface area contributed by atoms with E-state index in [1.54, 1.807) is 0 Å². The topological polar surface area (TPSA) is 72.5 Å². The van der Waals surface area contributed by atoms with E-state index in [-0.39, 0.29) is 11.3 Å². The molecule has 0 spiro atoms. The summed E-state index contributed by atoms with van der Waals surface area (Å²) >= 11 is 0. The molecule has 1 N–H and O–H groups in total. The van der Waals surface area contributed by atoms with E-state index < -0.39 is 39.3 Å². The molecule has 2 rings (SSSR count). The number of benzene rings is 2. The molecule has 134 valence electrons. The molecule has 0 aliphatic carbocycles. The molecule has 0 aromatic heterocycles. The van der Waals surface area contributed by atoms with Gasteiger partial charge in [0.2, 0.25) is 10.0 Å². The van der Waals surface area contributed by atoms with Crippen LogP contribution in [-0.2, 0) is 19.6 Å². The standard InChI is InChI=1S/C17H17F2NO4S/c1-11(17(21)24-2)10-25(22,23)20-16-8-7-14(19)9-15(16)12-3-5-13(18)6-4-12/h3-9,11,20H,10H2,1-2H3. The van der Waals surface area contributed by atoms with E-state index in [4.69, 9.17) is 0 Å². The number of esters is 1. The Balaban J connectivity index is 2.33. The predicted molar refractivity (Wildman–Crippen MR) is 90.4 cm³/mol. The van der Waals surface area contributed by atoms with Crippen molar-refractivity contribution in [2.75, 3.05) is 17.6 Å². The number of ether oxygens (including phenoxy) is 1. The lowest BCUT2D eigenvalue weighted by Gasteiger charge is -2.15. The van der Waals surface area contributed by atoms with Crippen molar-refractivity contribution in [3.05, 3.63) is 54.1 Å². The van der Waals surface area contributed by atoms with E-state index in [0.717, 1.165) is 12.1 Å². The van der Waals surface area contributed by atoms with E-state index in [2.05, 4.69) is 9.46 Å². The molecule has 0 saturated heterocycles. The van der Waals surface area contributed by atoms with Gasteiger partial charge in [0, 0.05) is 5.56 Å². The molecule has 0 bridgehead atoms. The number of halogens is 2. The van der Waals surface area contributed by atoms with Gasteiger partial charge in [-0.1, -0.05) is 19.1 Å². The van der Waals surface area contributed by atoms with E-state index in [1.165, 1.54) is 44.4 Å². The molecule has 0 saturated carbocycles. The molecule has 1 atom stereocenters. The van der Waals surface area contributed by atoms with Crippen LogP contribution < -0.4 is 4.72 Å². The summed E-state index contributed by atoms with van der Waals surface area (Å²) in [5.74, 6) is -3.03. The van der Waals surface area contributed by atoms with Gasteiger partial charge in [0.15, 0.2) is 0 Å². The van der Waals surface area contributed by atoms with Gasteiger partial charge < -0.3 is 4.74 Å². The molecule has 0 heterocycles. The number of hydrogen-bond donors (Lipinski definition) is 1. The fraction of sp³-hybridized carbons (Fsp3) is 0.235. The summed E-state index contributed by atoms with van der Waals surface area (Å²) < 4.78 is 58.1. The summed E-state index contributed by atoms with van der Waals surface area (Å²) in [6.45, 7) is 1.43. The quantitative estimate of drug-likeness (QED) is 0.794.